The molecule has 1 aliphatic heterocycles. The summed E-state index contributed by atoms with van der Waals surface area (Å²) in [6.07, 6.45) is 5.07. The lowest BCUT2D eigenvalue weighted by molar-refractivity contribution is 0.384. The van der Waals surface area contributed by atoms with Gasteiger partial charge in [-0.3, -0.25) is 0 Å². The van der Waals surface area contributed by atoms with E-state index in [0.29, 0.717) is 31.1 Å². The van der Waals surface area contributed by atoms with E-state index < -0.39 is 10.0 Å². The van der Waals surface area contributed by atoms with Crippen LogP contribution in [0.2, 0.25) is 0 Å². The number of nitrogens with zero attached hydrogens (tertiary/aromatic N) is 5. The summed E-state index contributed by atoms with van der Waals surface area (Å²) in [6, 6.07) is 5.63. The molecule has 3 heterocycles. The Hall–Kier alpha value is -1.97. The monoisotopic (exact) mass is 403 g/mol. The molecule has 0 radical (unpaired) electrons. The van der Waals surface area contributed by atoms with E-state index in [1.807, 2.05) is 25.3 Å². The van der Waals surface area contributed by atoms with Crippen LogP contribution in [0.25, 0.3) is 4.96 Å². The van der Waals surface area contributed by atoms with Gasteiger partial charge in [-0.05, 0) is 49.4 Å². The average Bonchev–Trinajstić information content (AvgIpc) is 3.35. The van der Waals surface area contributed by atoms with E-state index in [4.69, 9.17) is 0 Å². The third kappa shape index (κ3) is 2.94. The van der Waals surface area contributed by atoms with Crippen molar-refractivity contribution in [3.05, 3.63) is 41.2 Å². The fourth-order valence-electron chi connectivity index (χ4n) is 3.90. The molecular weight excluding hydrogens is 382 g/mol. The molecular formula is C18H21N5O2S2. The van der Waals surface area contributed by atoms with Crippen LogP contribution in [0.4, 0.5) is 5.13 Å². The summed E-state index contributed by atoms with van der Waals surface area (Å²) < 4.78 is 29.5. The molecule has 2 aromatic heterocycles. The largest absolute Gasteiger partial charge is 0.344 e. The van der Waals surface area contributed by atoms with E-state index in [-0.39, 0.29) is 0 Å². The van der Waals surface area contributed by atoms with Crippen molar-refractivity contribution < 1.29 is 8.42 Å². The van der Waals surface area contributed by atoms with Crippen LogP contribution < -0.4 is 4.90 Å². The summed E-state index contributed by atoms with van der Waals surface area (Å²) in [5.74, 6) is 0. The second-order valence-corrected chi connectivity index (χ2v) is 10.0. The number of hydrogen-bond donors (Lipinski definition) is 0. The minimum absolute atomic E-state index is 0.430. The highest BCUT2D eigenvalue weighted by atomic mass is 32.2. The number of piperazine rings is 1. The number of benzene rings is 1. The molecule has 0 saturated carbocycles. The average molecular weight is 404 g/mol. The second-order valence-electron chi connectivity index (χ2n) is 7.17. The SMILES string of the molecule is Cc1cn2nc(N3CCN(S(=O)(=O)c4ccc5c(c4)CCC5)CC3)sc2n1. The Bertz CT molecular complexity index is 1080. The Labute approximate surface area is 162 Å². The Balaban J connectivity index is 1.32. The maximum absolute atomic E-state index is 13.0. The molecule has 0 bridgehead atoms. The zero-order valence-electron chi connectivity index (χ0n) is 15.1. The molecule has 0 spiro atoms. The van der Waals surface area contributed by atoms with Crippen LogP contribution in [0.1, 0.15) is 23.2 Å². The number of sulfonamides is 1. The van der Waals surface area contributed by atoms with E-state index >= 15 is 0 Å². The van der Waals surface area contributed by atoms with Crippen molar-refractivity contribution in [2.24, 2.45) is 0 Å². The van der Waals surface area contributed by atoms with E-state index in [1.54, 1.807) is 26.2 Å². The Morgan fingerprint density at radius 1 is 1.07 bits per heavy atom. The molecule has 0 amide bonds. The molecule has 142 valence electrons. The van der Waals surface area contributed by atoms with Gasteiger partial charge in [0.25, 0.3) is 0 Å². The molecule has 1 aromatic carbocycles. The van der Waals surface area contributed by atoms with Gasteiger partial charge in [0.05, 0.1) is 16.8 Å². The summed E-state index contributed by atoms with van der Waals surface area (Å²) in [5.41, 5.74) is 3.43. The van der Waals surface area contributed by atoms with Crippen LogP contribution in [0.5, 0.6) is 0 Å². The normalized spacial score (nSPS) is 18.3. The van der Waals surface area contributed by atoms with Crippen LogP contribution in [-0.2, 0) is 22.9 Å². The number of rotatable bonds is 3. The fraction of sp³-hybridized carbons (Fsp3) is 0.444. The van der Waals surface area contributed by atoms with Gasteiger partial charge in [0, 0.05) is 26.2 Å². The van der Waals surface area contributed by atoms with Crippen LogP contribution >= 0.6 is 11.3 Å². The first kappa shape index (κ1) is 17.2. The molecule has 5 rings (SSSR count). The quantitative estimate of drug-likeness (QED) is 0.670. The van der Waals surface area contributed by atoms with Crippen molar-refractivity contribution in [3.8, 4) is 0 Å². The summed E-state index contributed by atoms with van der Waals surface area (Å²) in [6.45, 7) is 4.17. The molecule has 1 fully saturated rings. The first-order valence-electron chi connectivity index (χ1n) is 9.20. The molecule has 9 heteroatoms. The number of anilines is 1. The van der Waals surface area contributed by atoms with Crippen LogP contribution in [0, 0.1) is 6.92 Å². The zero-order chi connectivity index (χ0) is 18.6. The van der Waals surface area contributed by atoms with Crippen molar-refractivity contribution in [2.45, 2.75) is 31.1 Å². The summed E-state index contributed by atoms with van der Waals surface area (Å²) in [5, 5.41) is 5.47. The van der Waals surface area contributed by atoms with Gasteiger partial charge in [-0.25, -0.2) is 17.9 Å². The molecule has 0 N–H and O–H groups in total. The van der Waals surface area contributed by atoms with Gasteiger partial charge in [-0.2, -0.15) is 4.31 Å². The molecule has 1 aliphatic carbocycles. The highest BCUT2D eigenvalue weighted by Crippen LogP contribution is 2.28. The highest BCUT2D eigenvalue weighted by Gasteiger charge is 2.30. The van der Waals surface area contributed by atoms with Crippen LogP contribution in [0.3, 0.4) is 0 Å². The smallest absolute Gasteiger partial charge is 0.243 e. The summed E-state index contributed by atoms with van der Waals surface area (Å²) in [7, 11) is -3.44. The van der Waals surface area contributed by atoms with E-state index in [2.05, 4.69) is 15.0 Å². The number of imidazole rings is 1. The van der Waals surface area contributed by atoms with Gasteiger partial charge in [0.1, 0.15) is 0 Å². The van der Waals surface area contributed by atoms with Crippen LogP contribution in [-0.4, -0.2) is 53.5 Å². The standard InChI is InChI=1S/C18H21N5O2S2/c1-13-12-23-17(19-13)26-18(20-23)21-7-9-22(10-8-21)27(24,25)16-6-5-14-3-2-4-15(14)11-16/h5-6,11-12H,2-4,7-10H2,1H3. The van der Waals surface area contributed by atoms with Crippen molar-refractivity contribution in [1.29, 1.82) is 0 Å². The van der Waals surface area contributed by atoms with Crippen molar-refractivity contribution >= 4 is 31.5 Å². The molecule has 2 aliphatic rings. The van der Waals surface area contributed by atoms with Gasteiger partial charge in [0.2, 0.25) is 20.1 Å². The molecule has 0 atom stereocenters. The molecule has 27 heavy (non-hydrogen) atoms. The minimum Gasteiger partial charge on any atom is -0.344 e. The van der Waals surface area contributed by atoms with Gasteiger partial charge in [0.15, 0.2) is 0 Å². The molecule has 3 aromatic rings. The van der Waals surface area contributed by atoms with E-state index in [1.165, 1.54) is 11.1 Å². The molecule has 7 nitrogen and oxygen atoms in total. The van der Waals surface area contributed by atoms with Gasteiger partial charge < -0.3 is 4.90 Å². The maximum atomic E-state index is 13.0. The summed E-state index contributed by atoms with van der Waals surface area (Å²) in [4.78, 5) is 7.88. The lowest BCUT2D eigenvalue weighted by Gasteiger charge is -2.33. The lowest BCUT2D eigenvalue weighted by Crippen LogP contribution is -2.48. The number of fused-ring (bicyclic) bond motifs is 2. The minimum atomic E-state index is -3.44. The van der Waals surface area contributed by atoms with Crippen LogP contribution in [0.15, 0.2) is 29.3 Å². The molecule has 0 unspecified atom stereocenters. The Morgan fingerprint density at radius 3 is 2.63 bits per heavy atom. The third-order valence-electron chi connectivity index (χ3n) is 5.37. The number of hydrogen-bond acceptors (Lipinski definition) is 6. The predicted molar refractivity (Wildman–Crippen MR) is 105 cm³/mol. The predicted octanol–water partition coefficient (Wildman–Crippen LogP) is 2.10. The van der Waals surface area contributed by atoms with Crippen molar-refractivity contribution in [1.82, 2.24) is 18.9 Å². The Kier molecular flexibility index (Phi) is 3.99. The lowest BCUT2D eigenvalue weighted by atomic mass is 10.1. The highest BCUT2D eigenvalue weighted by molar-refractivity contribution is 7.89. The van der Waals surface area contributed by atoms with E-state index in [0.717, 1.165) is 35.0 Å². The topological polar surface area (TPSA) is 70.8 Å². The fourth-order valence-corrected chi connectivity index (χ4v) is 6.36. The first-order valence-corrected chi connectivity index (χ1v) is 11.5. The van der Waals surface area contributed by atoms with Gasteiger partial charge in [-0.1, -0.05) is 17.4 Å². The third-order valence-corrected chi connectivity index (χ3v) is 8.25. The summed E-state index contributed by atoms with van der Waals surface area (Å²) >= 11 is 1.54. The number of aromatic nitrogens is 3. The Morgan fingerprint density at radius 2 is 1.85 bits per heavy atom. The van der Waals surface area contributed by atoms with Crippen molar-refractivity contribution in [3.63, 3.8) is 0 Å². The van der Waals surface area contributed by atoms with Crippen molar-refractivity contribution in [2.75, 3.05) is 31.1 Å². The second kappa shape index (κ2) is 6.29. The zero-order valence-corrected chi connectivity index (χ0v) is 16.8. The van der Waals surface area contributed by atoms with Gasteiger partial charge >= 0.3 is 0 Å². The maximum Gasteiger partial charge on any atom is 0.243 e. The van der Waals surface area contributed by atoms with Gasteiger partial charge in [-0.15, -0.1) is 5.10 Å². The first-order chi connectivity index (χ1) is 13.0. The number of aryl methyl sites for hydroxylation is 3. The van der Waals surface area contributed by atoms with E-state index in [9.17, 15) is 8.42 Å². The molecule has 1 saturated heterocycles.